The number of aromatic nitrogens is 4. The predicted molar refractivity (Wildman–Crippen MR) is 89.6 cm³/mol. The minimum absolute atomic E-state index is 0.00293. The maximum atomic E-state index is 13.4. The summed E-state index contributed by atoms with van der Waals surface area (Å²) >= 11 is 0. The van der Waals surface area contributed by atoms with Crippen LogP contribution in [0.15, 0.2) is 51.9 Å². The fourth-order valence-electron chi connectivity index (χ4n) is 2.61. The molecule has 0 atom stereocenters. The molecule has 126 valence electrons. The van der Waals surface area contributed by atoms with Crippen LogP contribution in [0.3, 0.4) is 0 Å². The maximum Gasteiger partial charge on any atom is 0.271 e. The minimum atomic E-state index is -0.545. The number of aromatic amines is 1. The summed E-state index contributed by atoms with van der Waals surface area (Å²) in [5.74, 6) is -0.545. The van der Waals surface area contributed by atoms with Crippen molar-refractivity contribution in [1.29, 1.82) is 5.26 Å². The van der Waals surface area contributed by atoms with Gasteiger partial charge in [0, 0.05) is 6.42 Å². The number of nitrogens with zero attached hydrogens (tertiary/aromatic N) is 4. The van der Waals surface area contributed by atoms with Gasteiger partial charge < -0.3 is 0 Å². The van der Waals surface area contributed by atoms with Crippen molar-refractivity contribution in [3.05, 3.63) is 75.5 Å². The maximum absolute atomic E-state index is 13.4. The highest BCUT2D eigenvalue weighted by molar-refractivity contribution is 5.66. The molecule has 1 N–H and O–H groups in total. The van der Waals surface area contributed by atoms with Crippen LogP contribution in [0.5, 0.6) is 0 Å². The Morgan fingerprint density at radius 3 is 2.65 bits per heavy atom. The van der Waals surface area contributed by atoms with Crippen molar-refractivity contribution in [1.82, 2.24) is 20.3 Å². The molecule has 0 fully saturated rings. The number of H-pyrrole nitrogens is 1. The van der Waals surface area contributed by atoms with Crippen molar-refractivity contribution < 1.29 is 9.02 Å². The zero-order valence-electron chi connectivity index (χ0n) is 13.2. The first kappa shape index (κ1) is 15.7. The van der Waals surface area contributed by atoms with Gasteiger partial charge in [-0.25, -0.2) is 14.0 Å². The molecule has 4 aromatic rings. The summed E-state index contributed by atoms with van der Waals surface area (Å²) in [6.07, 6.45) is 0.311. The number of nitrogens with one attached hydrogen (secondary N) is 1. The molecule has 0 unspecified atom stereocenters. The van der Waals surface area contributed by atoms with Crippen molar-refractivity contribution >= 4 is 11.3 Å². The average molecular weight is 347 g/mol. The van der Waals surface area contributed by atoms with Crippen LogP contribution in [0.2, 0.25) is 0 Å². The van der Waals surface area contributed by atoms with Gasteiger partial charge in [0.1, 0.15) is 17.6 Å². The van der Waals surface area contributed by atoms with Crippen LogP contribution in [0, 0.1) is 17.1 Å². The van der Waals surface area contributed by atoms with Gasteiger partial charge in [-0.15, -0.1) is 0 Å². The highest BCUT2D eigenvalue weighted by Gasteiger charge is 2.10. The molecule has 0 bridgehead atoms. The number of hydrogen-bond acceptors (Lipinski definition) is 6. The second-order valence-corrected chi connectivity index (χ2v) is 5.63. The molecule has 0 aliphatic heterocycles. The molecule has 7 nitrogen and oxygen atoms in total. The van der Waals surface area contributed by atoms with Crippen LogP contribution in [0.1, 0.15) is 16.8 Å². The number of hydrogen-bond donors (Lipinski definition) is 1. The van der Waals surface area contributed by atoms with Crippen molar-refractivity contribution in [3.8, 4) is 17.2 Å². The van der Waals surface area contributed by atoms with E-state index in [2.05, 4.69) is 24.9 Å². The molecule has 2 aromatic carbocycles. The number of rotatable bonds is 3. The van der Waals surface area contributed by atoms with E-state index in [9.17, 15) is 9.18 Å². The summed E-state index contributed by atoms with van der Waals surface area (Å²) in [6, 6.07) is 13.6. The molecule has 0 aliphatic rings. The van der Waals surface area contributed by atoms with Crippen LogP contribution in [-0.4, -0.2) is 20.3 Å². The highest BCUT2D eigenvalue weighted by atomic mass is 19.1. The normalized spacial score (nSPS) is 10.8. The fraction of sp³-hybridized carbons (Fsp3) is 0.0556. The van der Waals surface area contributed by atoms with Gasteiger partial charge in [0.05, 0.1) is 5.56 Å². The molecule has 0 aliphatic carbocycles. The lowest BCUT2D eigenvalue weighted by atomic mass is 10.0. The molecule has 8 heteroatoms. The standard InChI is InChI=1S/C18H10FN5O2/c19-14-6-5-12(8-13(14)9-20)11-3-1-10(2-4-11)7-15-18(25)22-17-16(21-15)23-26-24-17/h1-6,8H,7H2,(H,22,24,25). The van der Waals surface area contributed by atoms with E-state index in [0.29, 0.717) is 12.1 Å². The van der Waals surface area contributed by atoms with E-state index in [1.165, 1.54) is 12.1 Å². The highest BCUT2D eigenvalue weighted by Crippen LogP contribution is 2.22. The van der Waals surface area contributed by atoms with Gasteiger partial charge in [-0.3, -0.25) is 9.78 Å². The Hall–Kier alpha value is -3.86. The van der Waals surface area contributed by atoms with Crippen molar-refractivity contribution in [2.45, 2.75) is 6.42 Å². The summed E-state index contributed by atoms with van der Waals surface area (Å²) in [7, 11) is 0. The van der Waals surface area contributed by atoms with E-state index in [0.717, 1.165) is 16.7 Å². The molecule has 26 heavy (non-hydrogen) atoms. The Kier molecular flexibility index (Phi) is 3.74. The molecule has 0 radical (unpaired) electrons. The van der Waals surface area contributed by atoms with Crippen LogP contribution in [0.25, 0.3) is 22.4 Å². The van der Waals surface area contributed by atoms with Crippen molar-refractivity contribution in [3.63, 3.8) is 0 Å². The molecule has 0 saturated heterocycles. The first-order chi connectivity index (χ1) is 12.6. The first-order valence-corrected chi connectivity index (χ1v) is 7.64. The van der Waals surface area contributed by atoms with E-state index in [1.54, 1.807) is 6.07 Å². The SMILES string of the molecule is N#Cc1cc(-c2ccc(Cc3nc4nonc4[nH]c3=O)cc2)ccc1F. The minimum Gasteiger partial charge on any atom is -0.299 e. The summed E-state index contributed by atoms with van der Waals surface area (Å²) < 4.78 is 18.0. The second-order valence-electron chi connectivity index (χ2n) is 5.63. The fourth-order valence-corrected chi connectivity index (χ4v) is 2.61. The summed E-state index contributed by atoms with van der Waals surface area (Å²) in [5.41, 5.74) is 2.83. The quantitative estimate of drug-likeness (QED) is 0.610. The molecule has 4 rings (SSSR count). The van der Waals surface area contributed by atoms with E-state index in [1.807, 2.05) is 30.3 Å². The van der Waals surface area contributed by atoms with Gasteiger partial charge in [0.15, 0.2) is 0 Å². The van der Waals surface area contributed by atoms with Gasteiger partial charge in [-0.1, -0.05) is 30.3 Å². The van der Waals surface area contributed by atoms with Crippen molar-refractivity contribution in [2.24, 2.45) is 0 Å². The van der Waals surface area contributed by atoms with Crippen LogP contribution in [-0.2, 0) is 6.42 Å². The lowest BCUT2D eigenvalue weighted by molar-refractivity contribution is 0.314. The molecular formula is C18H10FN5O2. The first-order valence-electron chi connectivity index (χ1n) is 7.64. The Balaban J connectivity index is 1.62. The van der Waals surface area contributed by atoms with Gasteiger partial charge in [-0.05, 0) is 39.1 Å². The summed E-state index contributed by atoms with van der Waals surface area (Å²) in [4.78, 5) is 18.7. The van der Waals surface area contributed by atoms with Crippen LogP contribution >= 0.6 is 0 Å². The average Bonchev–Trinajstić information content (AvgIpc) is 3.10. The lowest BCUT2D eigenvalue weighted by Crippen LogP contribution is -2.15. The lowest BCUT2D eigenvalue weighted by Gasteiger charge is -2.05. The van der Waals surface area contributed by atoms with E-state index < -0.39 is 5.82 Å². The third-order valence-electron chi connectivity index (χ3n) is 3.95. The summed E-state index contributed by atoms with van der Waals surface area (Å²) in [5, 5.41) is 16.1. The summed E-state index contributed by atoms with van der Waals surface area (Å²) in [6.45, 7) is 0. The van der Waals surface area contributed by atoms with E-state index >= 15 is 0 Å². The zero-order chi connectivity index (χ0) is 18.1. The smallest absolute Gasteiger partial charge is 0.271 e. The topological polar surface area (TPSA) is 108 Å². The largest absolute Gasteiger partial charge is 0.299 e. The van der Waals surface area contributed by atoms with Crippen LogP contribution < -0.4 is 5.56 Å². The zero-order valence-corrected chi connectivity index (χ0v) is 13.2. The third kappa shape index (κ3) is 2.82. The Morgan fingerprint density at radius 1 is 1.12 bits per heavy atom. The van der Waals surface area contributed by atoms with Crippen LogP contribution in [0.4, 0.5) is 4.39 Å². The van der Waals surface area contributed by atoms with Gasteiger partial charge in [0.2, 0.25) is 11.3 Å². The molecule has 0 saturated carbocycles. The number of benzene rings is 2. The number of nitriles is 1. The molecule has 0 amide bonds. The molecular weight excluding hydrogens is 337 g/mol. The predicted octanol–water partition coefficient (Wildman–Crippen LogP) is 2.57. The monoisotopic (exact) mass is 347 g/mol. The Bertz CT molecular complexity index is 1200. The molecule has 2 aromatic heterocycles. The number of fused-ring (bicyclic) bond motifs is 1. The van der Waals surface area contributed by atoms with Gasteiger partial charge in [0.25, 0.3) is 5.56 Å². The van der Waals surface area contributed by atoms with Crippen molar-refractivity contribution in [2.75, 3.05) is 0 Å². The second kappa shape index (κ2) is 6.22. The molecule has 0 spiro atoms. The Labute approximate surface area is 145 Å². The van der Waals surface area contributed by atoms with E-state index in [4.69, 9.17) is 5.26 Å². The Morgan fingerprint density at radius 2 is 1.88 bits per heavy atom. The van der Waals surface area contributed by atoms with Gasteiger partial charge >= 0.3 is 0 Å². The van der Waals surface area contributed by atoms with Gasteiger partial charge in [-0.2, -0.15) is 5.26 Å². The van der Waals surface area contributed by atoms with E-state index in [-0.39, 0.29) is 22.4 Å². The third-order valence-corrected chi connectivity index (χ3v) is 3.95. The molecule has 2 heterocycles. The number of halogens is 1.